The van der Waals surface area contributed by atoms with E-state index in [0.717, 1.165) is 0 Å². The van der Waals surface area contributed by atoms with Gasteiger partial charge in [0.25, 0.3) is 0 Å². The van der Waals surface area contributed by atoms with Gasteiger partial charge >= 0.3 is 58.4 Å². The minimum absolute atomic E-state index is 0. The van der Waals surface area contributed by atoms with Crippen molar-refractivity contribution in [3.8, 4) is 0 Å². The van der Waals surface area contributed by atoms with Crippen molar-refractivity contribution in [1.82, 2.24) is 0 Å². The Morgan fingerprint density at radius 2 is 0.533 bits per heavy atom. The monoisotopic (exact) mass is 454 g/mol. The van der Waals surface area contributed by atoms with Crippen LogP contribution in [-0.4, -0.2) is 35.0 Å². The minimum Gasteiger partial charge on any atom is -1.00 e. The summed E-state index contributed by atoms with van der Waals surface area (Å²) >= 11 is 0. The Balaban J connectivity index is -0.0000000128. The van der Waals surface area contributed by atoms with E-state index in [1.165, 1.54) is 0 Å². The molecule has 0 amide bonds. The van der Waals surface area contributed by atoms with Crippen LogP contribution in [0.25, 0.3) is 0 Å². The predicted molar refractivity (Wildman–Crippen MR) is 20.9 cm³/mol. The third kappa shape index (κ3) is 680. The average Bonchev–Trinajstić information content (AvgIpc) is 1.12. The molecular weight excluding hydrogens is 459 g/mol. The molecule has 0 radical (unpaired) electrons. The van der Waals surface area contributed by atoms with Gasteiger partial charge < -0.3 is 43.0 Å². The zero-order chi connectivity index (χ0) is 9.00. The summed E-state index contributed by atoms with van der Waals surface area (Å²) in [6, 6.07) is 0. The van der Waals surface area contributed by atoms with Crippen molar-refractivity contribution in [1.29, 1.82) is 0 Å². The summed E-state index contributed by atoms with van der Waals surface area (Å²) in [7, 11) is -10.3. The molecule has 0 aliphatic carbocycles. The molecule has 0 aliphatic heterocycles. The Bertz CT molecular complexity index is 222. The van der Waals surface area contributed by atoms with E-state index in [2.05, 4.69) is 0 Å². The van der Waals surface area contributed by atoms with E-state index in [1.807, 2.05) is 0 Å². The summed E-state index contributed by atoms with van der Waals surface area (Å²) < 4.78 is 68.2. The van der Waals surface area contributed by atoms with Crippen molar-refractivity contribution in [3.63, 3.8) is 0 Å². The van der Waals surface area contributed by atoms with Gasteiger partial charge in [-0.15, -0.1) is 0 Å². The summed E-state index contributed by atoms with van der Waals surface area (Å²) in [5, 5.41) is 0. The van der Waals surface area contributed by atoms with Crippen molar-refractivity contribution in [2.45, 2.75) is 0 Å². The van der Waals surface area contributed by atoms with E-state index in [4.69, 9.17) is 35.0 Å². The number of hydrogen-bond donors (Lipinski definition) is 0. The number of hydrogen-bond acceptors (Lipinski definition) is 8. The molecule has 0 heterocycles. The molecule has 0 fully saturated rings. The van der Waals surface area contributed by atoms with E-state index in [1.54, 1.807) is 0 Å². The standard InChI is InChI=1S/2ClH.2H2O4S.3Zn/c;;2*1-5(2,3)4;;;/h2*1H;2*(H2,1,2,3,4);;;/q;;;;3*+2/p-6. The molecular formula is Cl2O8S2Zn3. The molecule has 15 heteroatoms. The van der Waals surface area contributed by atoms with Crippen molar-refractivity contribution >= 4 is 20.8 Å². The first-order chi connectivity index (χ1) is 4.00. The average molecular weight is 459 g/mol. The van der Waals surface area contributed by atoms with Gasteiger partial charge in [0.2, 0.25) is 0 Å². The van der Waals surface area contributed by atoms with Gasteiger partial charge in [0.05, 0.1) is 0 Å². The van der Waals surface area contributed by atoms with E-state index in [0.29, 0.717) is 0 Å². The Morgan fingerprint density at radius 3 is 0.533 bits per heavy atom. The summed E-state index contributed by atoms with van der Waals surface area (Å²) in [5.41, 5.74) is 0. The molecule has 0 aromatic heterocycles. The maximum absolute atomic E-state index is 8.52. The first-order valence-corrected chi connectivity index (χ1v) is 4.00. The maximum atomic E-state index is 8.52. The molecule has 0 N–H and O–H groups in total. The van der Waals surface area contributed by atoms with Crippen LogP contribution < -0.4 is 24.8 Å². The van der Waals surface area contributed by atoms with Crippen molar-refractivity contribution in [2.24, 2.45) is 0 Å². The van der Waals surface area contributed by atoms with E-state index < -0.39 is 20.8 Å². The Labute approximate surface area is 138 Å². The fourth-order valence-electron chi connectivity index (χ4n) is 0. The Kier molecular flexibility index (Phi) is 53.7. The Hall–Kier alpha value is 2.19. The quantitative estimate of drug-likeness (QED) is 0.196. The van der Waals surface area contributed by atoms with E-state index >= 15 is 0 Å². The molecule has 0 atom stereocenters. The third-order valence-electron chi connectivity index (χ3n) is 0. The fourth-order valence-corrected chi connectivity index (χ4v) is 0. The van der Waals surface area contributed by atoms with Gasteiger partial charge in [-0.3, -0.25) is 16.8 Å². The van der Waals surface area contributed by atoms with Crippen LogP contribution in [0.1, 0.15) is 0 Å². The fraction of sp³-hybridized carbons (Fsp3) is 0. The molecule has 0 saturated carbocycles. The molecule has 0 rings (SSSR count). The van der Waals surface area contributed by atoms with Crippen LogP contribution >= 0.6 is 0 Å². The molecule has 0 aromatic rings. The summed E-state index contributed by atoms with van der Waals surface area (Å²) in [5.74, 6) is 0. The largest absolute Gasteiger partial charge is 2.00 e. The van der Waals surface area contributed by atoms with Crippen LogP contribution in [-0.2, 0) is 79.2 Å². The van der Waals surface area contributed by atoms with Gasteiger partial charge in [-0.1, -0.05) is 0 Å². The molecule has 0 saturated heterocycles. The molecule has 0 aromatic carbocycles. The molecule has 80 valence electrons. The molecule has 0 spiro atoms. The van der Waals surface area contributed by atoms with Gasteiger partial charge in [0.1, 0.15) is 0 Å². The van der Waals surface area contributed by atoms with Gasteiger partial charge in [-0.2, -0.15) is 0 Å². The molecule has 0 aliphatic rings. The molecule has 0 unspecified atom stereocenters. The van der Waals surface area contributed by atoms with Gasteiger partial charge in [-0.25, -0.2) is 0 Å². The van der Waals surface area contributed by atoms with Crippen LogP contribution in [0.2, 0.25) is 0 Å². The first kappa shape index (κ1) is 43.4. The van der Waals surface area contributed by atoms with Gasteiger partial charge in [0, 0.05) is 20.8 Å². The van der Waals surface area contributed by atoms with Crippen LogP contribution in [0.3, 0.4) is 0 Å². The SMILES string of the molecule is O=S(=O)([O-])[O-].O=S(=O)([O-])[O-].[Cl-].[Cl-].[Zn+2].[Zn+2].[Zn+2]. The third-order valence-corrected chi connectivity index (χ3v) is 0. The second-order valence-electron chi connectivity index (χ2n) is 0.816. The maximum Gasteiger partial charge on any atom is 2.00 e. The second-order valence-corrected chi connectivity index (χ2v) is 2.45. The van der Waals surface area contributed by atoms with Crippen LogP contribution in [0.5, 0.6) is 0 Å². The molecule has 15 heavy (non-hydrogen) atoms. The Morgan fingerprint density at radius 1 is 0.533 bits per heavy atom. The minimum atomic E-state index is -5.17. The first-order valence-electron chi connectivity index (χ1n) is 1.33. The summed E-state index contributed by atoms with van der Waals surface area (Å²) in [4.78, 5) is 0. The van der Waals surface area contributed by atoms with Crippen molar-refractivity contribution < 1.29 is 118 Å². The van der Waals surface area contributed by atoms with Crippen molar-refractivity contribution in [3.05, 3.63) is 0 Å². The number of halogens is 2. The molecule has 8 nitrogen and oxygen atoms in total. The van der Waals surface area contributed by atoms with E-state index in [9.17, 15) is 0 Å². The zero-order valence-corrected chi connectivity index (χ0v) is 19.0. The smallest absolute Gasteiger partial charge is 1.00 e. The number of rotatable bonds is 0. The normalized spacial score (nSPS) is 7.73. The van der Waals surface area contributed by atoms with Crippen LogP contribution in [0.15, 0.2) is 0 Å². The van der Waals surface area contributed by atoms with Gasteiger partial charge in [-0.05, 0) is 0 Å². The summed E-state index contributed by atoms with van der Waals surface area (Å²) in [6.45, 7) is 0. The van der Waals surface area contributed by atoms with E-state index in [-0.39, 0.29) is 83.2 Å². The molecule has 0 bridgehead atoms. The predicted octanol–water partition coefficient (Wildman–Crippen LogP) is -8.68. The van der Waals surface area contributed by atoms with Crippen LogP contribution in [0.4, 0.5) is 0 Å². The van der Waals surface area contributed by atoms with Gasteiger partial charge in [0.15, 0.2) is 0 Å². The second kappa shape index (κ2) is 18.6. The van der Waals surface area contributed by atoms with Crippen LogP contribution in [0, 0.1) is 0 Å². The topological polar surface area (TPSA) is 161 Å². The zero-order valence-electron chi connectivity index (χ0n) is 6.96. The van der Waals surface area contributed by atoms with Crippen molar-refractivity contribution in [2.75, 3.05) is 0 Å². The summed E-state index contributed by atoms with van der Waals surface area (Å²) in [6.07, 6.45) is 0.